The second-order valence-corrected chi connectivity index (χ2v) is 7.72. The second-order valence-electron chi connectivity index (χ2n) is 7.72. The average Bonchev–Trinajstić information content (AvgIpc) is 2.70. The van der Waals surface area contributed by atoms with E-state index in [1.165, 1.54) is 89.9 Å². The lowest BCUT2D eigenvalue weighted by Gasteiger charge is -2.05. The Morgan fingerprint density at radius 3 is 1.07 bits per heavy atom. The summed E-state index contributed by atoms with van der Waals surface area (Å²) in [7, 11) is 0. The maximum atomic E-state index is 11.3. The average molecular weight is 403 g/mol. The molecule has 0 aliphatic heterocycles. The minimum atomic E-state index is -0.924. The number of carbonyl (C=O) groups excluding carboxylic acids is 1. The number of carbonyl (C=O) groups is 1. The van der Waals surface area contributed by atoms with Crippen LogP contribution >= 0.6 is 0 Å². The zero-order valence-electron chi connectivity index (χ0n) is 18.7. The van der Waals surface area contributed by atoms with Gasteiger partial charge in [0.1, 0.15) is 0 Å². The van der Waals surface area contributed by atoms with Crippen LogP contribution in [0.2, 0.25) is 0 Å². The number of rotatable bonds is 22. The van der Waals surface area contributed by atoms with Gasteiger partial charge in [0.15, 0.2) is 0 Å². The van der Waals surface area contributed by atoms with Crippen molar-refractivity contribution in [1.82, 2.24) is 0 Å². The molecule has 0 bridgehead atoms. The van der Waals surface area contributed by atoms with E-state index in [0.717, 1.165) is 25.7 Å². The van der Waals surface area contributed by atoms with E-state index in [4.69, 9.17) is 9.78 Å². The van der Waals surface area contributed by atoms with Gasteiger partial charge >= 0.3 is 6.16 Å². The Kier molecular flexibility index (Phi) is 23.5. The molecular weight excluding hydrogens is 356 g/mol. The van der Waals surface area contributed by atoms with Crippen molar-refractivity contribution in [3.8, 4) is 0 Å². The van der Waals surface area contributed by atoms with Crippen LogP contribution in [-0.2, 0) is 19.6 Å². The van der Waals surface area contributed by atoms with Gasteiger partial charge in [-0.05, 0) is 12.8 Å². The Balaban J connectivity index is 3.13. The van der Waals surface area contributed by atoms with Gasteiger partial charge in [0.25, 0.3) is 0 Å². The maximum Gasteiger partial charge on any atom is 0.573 e. The number of unbranched alkanes of at least 4 members (excludes halogenated alkanes) is 16. The molecule has 0 fully saturated rings. The Morgan fingerprint density at radius 2 is 0.750 bits per heavy atom. The smallest absolute Gasteiger partial charge is 0.257 e. The Hall–Kier alpha value is -0.810. The molecule has 0 saturated carbocycles. The lowest BCUT2D eigenvalue weighted by atomic mass is 10.1. The standard InChI is InChI=1S/C23H46O5/c1-3-5-7-9-11-13-15-17-19-21-25-27-23(24)28-26-22-20-18-16-14-12-10-8-6-4-2/h3-22H2,1-2H3. The normalized spacial score (nSPS) is 10.9. The van der Waals surface area contributed by atoms with Gasteiger partial charge in [-0.1, -0.05) is 117 Å². The highest BCUT2D eigenvalue weighted by atomic mass is 17.3. The van der Waals surface area contributed by atoms with Crippen molar-refractivity contribution in [3.05, 3.63) is 0 Å². The predicted molar refractivity (Wildman–Crippen MR) is 114 cm³/mol. The summed E-state index contributed by atoms with van der Waals surface area (Å²) in [6, 6.07) is 0. The van der Waals surface area contributed by atoms with Gasteiger partial charge in [-0.15, -0.1) is 0 Å². The molecule has 0 rings (SSSR count). The first-order valence-corrected chi connectivity index (χ1v) is 11.9. The molecule has 168 valence electrons. The van der Waals surface area contributed by atoms with E-state index in [2.05, 4.69) is 23.6 Å². The predicted octanol–water partition coefficient (Wildman–Crippen LogP) is 8.06. The fraction of sp³-hybridized carbons (Fsp3) is 0.957. The van der Waals surface area contributed by atoms with Crippen molar-refractivity contribution in [3.63, 3.8) is 0 Å². The molecule has 0 amide bonds. The Bertz CT molecular complexity index is 281. The van der Waals surface area contributed by atoms with Crippen molar-refractivity contribution < 1.29 is 24.3 Å². The van der Waals surface area contributed by atoms with Crippen molar-refractivity contribution in [2.75, 3.05) is 13.2 Å². The van der Waals surface area contributed by atoms with E-state index in [1.54, 1.807) is 0 Å². The van der Waals surface area contributed by atoms with E-state index in [0.29, 0.717) is 13.2 Å². The number of hydrogen-bond acceptors (Lipinski definition) is 5. The SMILES string of the molecule is CCCCCCCCCCCOOC(=O)OOCCCCCCCCCCC. The first-order chi connectivity index (χ1) is 13.8. The summed E-state index contributed by atoms with van der Waals surface area (Å²) in [5, 5.41) is 0. The molecule has 0 aromatic carbocycles. The molecule has 0 N–H and O–H groups in total. The van der Waals surface area contributed by atoms with E-state index >= 15 is 0 Å². The zero-order chi connectivity index (χ0) is 20.5. The topological polar surface area (TPSA) is 54.0 Å². The summed E-state index contributed by atoms with van der Waals surface area (Å²) in [6.45, 7) is 5.29. The molecule has 0 unspecified atom stereocenters. The lowest BCUT2D eigenvalue weighted by molar-refractivity contribution is -0.319. The van der Waals surface area contributed by atoms with E-state index in [-0.39, 0.29) is 0 Å². The van der Waals surface area contributed by atoms with Crippen molar-refractivity contribution in [2.45, 2.75) is 129 Å². The quantitative estimate of drug-likeness (QED) is 0.104. The van der Waals surface area contributed by atoms with E-state index in [1.807, 2.05) is 0 Å². The Morgan fingerprint density at radius 1 is 0.464 bits per heavy atom. The Labute approximate surface area is 173 Å². The molecule has 0 atom stereocenters. The fourth-order valence-electron chi connectivity index (χ4n) is 3.14. The molecule has 0 aromatic heterocycles. The third-order valence-electron chi connectivity index (χ3n) is 4.92. The van der Waals surface area contributed by atoms with E-state index in [9.17, 15) is 4.79 Å². The van der Waals surface area contributed by atoms with Crippen LogP contribution in [0.25, 0.3) is 0 Å². The van der Waals surface area contributed by atoms with Crippen molar-refractivity contribution in [2.24, 2.45) is 0 Å². The molecule has 5 nitrogen and oxygen atoms in total. The minimum absolute atomic E-state index is 0.406. The van der Waals surface area contributed by atoms with Crippen molar-refractivity contribution in [1.29, 1.82) is 0 Å². The van der Waals surface area contributed by atoms with E-state index < -0.39 is 6.16 Å². The summed E-state index contributed by atoms with van der Waals surface area (Å²) in [6.07, 6.45) is 21.4. The van der Waals surface area contributed by atoms with Gasteiger partial charge in [-0.25, -0.2) is 0 Å². The first kappa shape index (κ1) is 27.2. The molecule has 0 aromatic rings. The van der Waals surface area contributed by atoms with Gasteiger partial charge < -0.3 is 0 Å². The molecule has 0 saturated heterocycles. The van der Waals surface area contributed by atoms with Crippen molar-refractivity contribution >= 4 is 6.16 Å². The third kappa shape index (κ3) is 23.2. The molecule has 0 radical (unpaired) electrons. The summed E-state index contributed by atoms with van der Waals surface area (Å²) in [4.78, 5) is 30.0. The van der Waals surface area contributed by atoms with Crippen LogP contribution in [0.3, 0.4) is 0 Å². The largest absolute Gasteiger partial charge is 0.573 e. The minimum Gasteiger partial charge on any atom is -0.257 e. The van der Waals surface area contributed by atoms with Crippen LogP contribution in [-0.4, -0.2) is 19.4 Å². The molecule has 0 aliphatic rings. The highest BCUT2D eigenvalue weighted by Crippen LogP contribution is 2.10. The van der Waals surface area contributed by atoms with Crippen LogP contribution in [0.15, 0.2) is 0 Å². The summed E-state index contributed by atoms with van der Waals surface area (Å²) < 4.78 is 0. The highest BCUT2D eigenvalue weighted by molar-refractivity contribution is 5.58. The van der Waals surface area contributed by atoms with Crippen LogP contribution in [0.5, 0.6) is 0 Å². The summed E-state index contributed by atoms with van der Waals surface area (Å²) in [5.74, 6) is 0. The lowest BCUT2D eigenvalue weighted by Crippen LogP contribution is -2.10. The molecule has 0 spiro atoms. The second kappa shape index (κ2) is 24.2. The first-order valence-electron chi connectivity index (χ1n) is 11.9. The summed E-state index contributed by atoms with van der Waals surface area (Å²) in [5.41, 5.74) is 0. The molecule has 0 heterocycles. The molecule has 28 heavy (non-hydrogen) atoms. The van der Waals surface area contributed by atoms with Gasteiger partial charge in [-0.2, -0.15) is 14.6 Å². The van der Waals surface area contributed by atoms with Gasteiger partial charge in [0.2, 0.25) is 0 Å². The molecular formula is C23H46O5. The van der Waals surface area contributed by atoms with Gasteiger partial charge in [0, 0.05) is 0 Å². The van der Waals surface area contributed by atoms with Crippen LogP contribution in [0.4, 0.5) is 4.79 Å². The van der Waals surface area contributed by atoms with Crippen LogP contribution < -0.4 is 0 Å². The monoisotopic (exact) mass is 402 g/mol. The van der Waals surface area contributed by atoms with Gasteiger partial charge in [-0.3, -0.25) is 9.78 Å². The van der Waals surface area contributed by atoms with Crippen LogP contribution in [0.1, 0.15) is 129 Å². The molecule has 5 heteroatoms. The maximum absolute atomic E-state index is 11.3. The number of hydrogen-bond donors (Lipinski definition) is 0. The molecule has 0 aliphatic carbocycles. The zero-order valence-corrected chi connectivity index (χ0v) is 18.7. The fourth-order valence-corrected chi connectivity index (χ4v) is 3.14. The third-order valence-corrected chi connectivity index (χ3v) is 4.92. The van der Waals surface area contributed by atoms with Crippen LogP contribution in [0, 0.1) is 0 Å². The van der Waals surface area contributed by atoms with Gasteiger partial charge in [0.05, 0.1) is 13.2 Å². The highest BCUT2D eigenvalue weighted by Gasteiger charge is 2.06. The summed E-state index contributed by atoms with van der Waals surface area (Å²) >= 11 is 0.